The monoisotopic (exact) mass is 510 g/mol. The van der Waals surface area contributed by atoms with Crippen molar-refractivity contribution in [2.75, 3.05) is 29.9 Å². The number of nitrogens with one attached hydrogen (secondary N) is 2. The maximum Gasteiger partial charge on any atom is 0.245 e. The van der Waals surface area contributed by atoms with E-state index in [0.717, 1.165) is 5.56 Å². The summed E-state index contributed by atoms with van der Waals surface area (Å²) < 4.78 is 0. The fraction of sp³-hybridized carbons (Fsp3) is 0.455. The van der Waals surface area contributed by atoms with E-state index in [-0.39, 0.29) is 23.9 Å². The summed E-state index contributed by atoms with van der Waals surface area (Å²) in [5, 5.41) is 7.58. The number of carbonyl (C=O) groups excluding carboxylic acids is 2. The predicted octanol–water partition coefficient (Wildman–Crippen LogP) is 3.93. The highest BCUT2D eigenvalue weighted by Gasteiger charge is 2.35. The second kappa shape index (κ2) is 9.91. The third-order valence-electron chi connectivity index (χ3n) is 6.00. The number of hydrogen-bond donors (Lipinski definition) is 2. The van der Waals surface area contributed by atoms with Gasteiger partial charge in [-0.05, 0) is 38.0 Å². The third-order valence-corrected chi connectivity index (χ3v) is 6.84. The zero-order valence-corrected chi connectivity index (χ0v) is 20.6. The quantitative estimate of drug-likeness (QED) is 0.632. The van der Waals surface area contributed by atoms with Crippen LogP contribution >= 0.6 is 34.8 Å². The fourth-order valence-electron chi connectivity index (χ4n) is 4.21. The SMILES string of the molecule is C[C@@H]1CN(C(=O)[C@H]2CCC(=O)N2)CCN1c1ncc(Cl)c(N[C@H](C)c2ccc(Cl)cc2Cl)n1. The average Bonchev–Trinajstić information content (AvgIpc) is 3.21. The van der Waals surface area contributed by atoms with Crippen LogP contribution in [0, 0.1) is 0 Å². The Morgan fingerprint density at radius 1 is 1.24 bits per heavy atom. The number of carbonyl (C=O) groups is 2. The first-order chi connectivity index (χ1) is 15.7. The number of halogens is 3. The predicted molar refractivity (Wildman–Crippen MR) is 130 cm³/mol. The summed E-state index contributed by atoms with van der Waals surface area (Å²) in [6.07, 6.45) is 2.53. The van der Waals surface area contributed by atoms with Crippen molar-refractivity contribution in [1.82, 2.24) is 20.2 Å². The number of anilines is 2. The zero-order valence-electron chi connectivity index (χ0n) is 18.3. The lowest BCUT2D eigenvalue weighted by Gasteiger charge is -2.40. The summed E-state index contributed by atoms with van der Waals surface area (Å²) in [6.45, 7) is 5.61. The number of benzene rings is 1. The van der Waals surface area contributed by atoms with Crippen molar-refractivity contribution in [3.8, 4) is 0 Å². The van der Waals surface area contributed by atoms with E-state index in [4.69, 9.17) is 34.8 Å². The normalized spacial score (nSPS) is 21.7. The van der Waals surface area contributed by atoms with Gasteiger partial charge in [-0.25, -0.2) is 4.98 Å². The molecule has 0 bridgehead atoms. The number of rotatable bonds is 5. The Morgan fingerprint density at radius 3 is 2.70 bits per heavy atom. The smallest absolute Gasteiger partial charge is 0.245 e. The summed E-state index contributed by atoms with van der Waals surface area (Å²) in [4.78, 5) is 37.2. The summed E-state index contributed by atoms with van der Waals surface area (Å²) in [7, 11) is 0. The van der Waals surface area contributed by atoms with Crippen LogP contribution in [-0.2, 0) is 9.59 Å². The minimum absolute atomic E-state index is 0.00281. The number of nitrogens with zero attached hydrogens (tertiary/aromatic N) is 4. The molecule has 0 spiro atoms. The van der Waals surface area contributed by atoms with Crippen LogP contribution in [-0.4, -0.2) is 58.4 Å². The van der Waals surface area contributed by atoms with Gasteiger partial charge in [0, 0.05) is 42.1 Å². The second-order valence-corrected chi connectivity index (χ2v) is 9.63. The lowest BCUT2D eigenvalue weighted by Crippen LogP contribution is -2.57. The molecule has 2 N–H and O–H groups in total. The van der Waals surface area contributed by atoms with E-state index in [1.807, 2.05) is 19.9 Å². The van der Waals surface area contributed by atoms with E-state index in [1.54, 1.807) is 23.2 Å². The second-order valence-electron chi connectivity index (χ2n) is 8.38. The highest BCUT2D eigenvalue weighted by atomic mass is 35.5. The highest BCUT2D eigenvalue weighted by Crippen LogP contribution is 2.31. The van der Waals surface area contributed by atoms with Crippen molar-refractivity contribution < 1.29 is 9.59 Å². The molecule has 2 fully saturated rings. The molecule has 1 aromatic heterocycles. The van der Waals surface area contributed by atoms with Crippen molar-refractivity contribution >= 4 is 58.4 Å². The van der Waals surface area contributed by atoms with Crippen LogP contribution < -0.4 is 15.5 Å². The molecule has 33 heavy (non-hydrogen) atoms. The lowest BCUT2D eigenvalue weighted by molar-refractivity contribution is -0.135. The van der Waals surface area contributed by atoms with Gasteiger partial charge in [0.05, 0.1) is 12.2 Å². The Bertz CT molecular complexity index is 1070. The summed E-state index contributed by atoms with van der Waals surface area (Å²) in [5.74, 6) is 0.939. The Morgan fingerprint density at radius 2 is 2.03 bits per heavy atom. The molecule has 11 heteroatoms. The van der Waals surface area contributed by atoms with Gasteiger partial charge in [0.25, 0.3) is 0 Å². The minimum atomic E-state index is -0.417. The van der Waals surface area contributed by atoms with Crippen molar-refractivity contribution in [2.45, 2.75) is 44.8 Å². The molecule has 0 radical (unpaired) electrons. The van der Waals surface area contributed by atoms with Crippen LogP contribution in [0.5, 0.6) is 0 Å². The Labute approximate surface area is 207 Å². The maximum atomic E-state index is 12.8. The van der Waals surface area contributed by atoms with Gasteiger partial charge < -0.3 is 20.4 Å². The van der Waals surface area contributed by atoms with Gasteiger partial charge in [0.1, 0.15) is 11.1 Å². The minimum Gasteiger partial charge on any atom is -0.362 e. The van der Waals surface area contributed by atoms with Gasteiger partial charge in [-0.3, -0.25) is 9.59 Å². The van der Waals surface area contributed by atoms with Gasteiger partial charge in [-0.2, -0.15) is 4.98 Å². The Kier molecular flexibility index (Phi) is 7.16. The van der Waals surface area contributed by atoms with E-state index < -0.39 is 6.04 Å². The zero-order chi connectivity index (χ0) is 23.7. The first-order valence-electron chi connectivity index (χ1n) is 10.8. The molecule has 2 saturated heterocycles. The van der Waals surface area contributed by atoms with Crippen LogP contribution in [0.2, 0.25) is 15.1 Å². The van der Waals surface area contributed by atoms with Crippen LogP contribution in [0.4, 0.5) is 11.8 Å². The van der Waals surface area contributed by atoms with Crippen LogP contribution in [0.25, 0.3) is 0 Å². The molecule has 176 valence electrons. The first kappa shape index (κ1) is 23.9. The molecule has 2 amide bonds. The van der Waals surface area contributed by atoms with Gasteiger partial charge in [-0.15, -0.1) is 0 Å². The van der Waals surface area contributed by atoms with E-state index in [2.05, 4.69) is 25.5 Å². The maximum absolute atomic E-state index is 12.8. The number of amides is 2. The lowest BCUT2D eigenvalue weighted by atomic mass is 10.1. The molecule has 2 aromatic rings. The molecule has 3 atom stereocenters. The van der Waals surface area contributed by atoms with Crippen molar-refractivity contribution in [1.29, 1.82) is 0 Å². The summed E-state index contributed by atoms with van der Waals surface area (Å²) in [6, 6.07) is 4.76. The Balaban J connectivity index is 1.45. The summed E-state index contributed by atoms with van der Waals surface area (Å²) >= 11 is 18.7. The van der Waals surface area contributed by atoms with Crippen LogP contribution in [0.3, 0.4) is 0 Å². The molecule has 0 unspecified atom stereocenters. The van der Waals surface area contributed by atoms with Gasteiger partial charge in [-0.1, -0.05) is 40.9 Å². The highest BCUT2D eigenvalue weighted by molar-refractivity contribution is 6.35. The van der Waals surface area contributed by atoms with Gasteiger partial charge in [0.15, 0.2) is 5.82 Å². The Hall–Kier alpha value is -2.29. The molecular weight excluding hydrogens is 487 g/mol. The van der Waals surface area contributed by atoms with Crippen molar-refractivity contribution in [2.24, 2.45) is 0 Å². The number of hydrogen-bond acceptors (Lipinski definition) is 6. The average molecular weight is 512 g/mol. The third kappa shape index (κ3) is 5.28. The molecule has 0 aliphatic carbocycles. The van der Waals surface area contributed by atoms with E-state index in [0.29, 0.717) is 59.3 Å². The van der Waals surface area contributed by atoms with E-state index in [9.17, 15) is 9.59 Å². The largest absolute Gasteiger partial charge is 0.362 e. The topological polar surface area (TPSA) is 90.5 Å². The van der Waals surface area contributed by atoms with Crippen molar-refractivity contribution in [3.63, 3.8) is 0 Å². The van der Waals surface area contributed by atoms with Crippen molar-refractivity contribution in [3.05, 3.63) is 45.0 Å². The first-order valence-corrected chi connectivity index (χ1v) is 11.9. The summed E-state index contributed by atoms with van der Waals surface area (Å²) in [5.41, 5.74) is 0.872. The van der Waals surface area contributed by atoms with Gasteiger partial charge >= 0.3 is 0 Å². The molecule has 8 nitrogen and oxygen atoms in total. The van der Waals surface area contributed by atoms with Crippen LogP contribution in [0.15, 0.2) is 24.4 Å². The molecule has 1 aromatic carbocycles. The fourth-order valence-corrected chi connectivity index (χ4v) is 4.93. The molecule has 3 heterocycles. The van der Waals surface area contributed by atoms with E-state index >= 15 is 0 Å². The molecule has 4 rings (SSSR count). The molecule has 2 aliphatic heterocycles. The standard InChI is InChI=1S/C22H25Cl3N6O2/c1-12-11-30(21(33)18-5-6-19(32)28-18)7-8-31(12)22-26-10-17(25)20(29-22)27-13(2)15-4-3-14(23)9-16(15)24/h3-4,9-10,12-13,18H,5-8,11H2,1-2H3,(H,28,32)(H,26,27,29)/t12-,13-,18-/m1/s1. The molecular formula is C22H25Cl3N6O2. The number of piperazine rings is 1. The van der Waals surface area contributed by atoms with Crippen LogP contribution in [0.1, 0.15) is 38.3 Å². The molecule has 2 aliphatic rings. The number of aromatic nitrogens is 2. The van der Waals surface area contributed by atoms with E-state index in [1.165, 1.54) is 0 Å². The molecule has 0 saturated carbocycles. The van der Waals surface area contributed by atoms with Gasteiger partial charge in [0.2, 0.25) is 17.8 Å².